The molecule has 2 aromatic carbocycles. The maximum atomic E-state index is 13.6. The summed E-state index contributed by atoms with van der Waals surface area (Å²) in [5, 5.41) is 5.77. The number of nitrogens with zero attached hydrogens (tertiary/aromatic N) is 1. The Kier molecular flexibility index (Phi) is 6.59. The highest BCUT2D eigenvalue weighted by Crippen LogP contribution is 2.31. The van der Waals surface area contributed by atoms with Crippen LogP contribution in [0.25, 0.3) is 0 Å². The monoisotopic (exact) mass is 469 g/mol. The second-order valence-electron chi connectivity index (χ2n) is 9.07. The molecule has 2 N–H and O–H groups in total. The molecule has 8 heteroatoms. The first-order valence-electron chi connectivity index (χ1n) is 11.4. The highest BCUT2D eigenvalue weighted by Gasteiger charge is 2.41. The van der Waals surface area contributed by atoms with Gasteiger partial charge < -0.3 is 10.6 Å². The summed E-state index contributed by atoms with van der Waals surface area (Å²) in [7, 11) is -3.96. The zero-order valence-electron chi connectivity index (χ0n) is 19.3. The smallest absolute Gasteiger partial charge is 0.244 e. The Morgan fingerprint density at radius 1 is 1.15 bits per heavy atom. The average molecular weight is 470 g/mol. The Morgan fingerprint density at radius 2 is 1.85 bits per heavy atom. The molecule has 1 saturated heterocycles. The van der Waals surface area contributed by atoms with E-state index in [-0.39, 0.29) is 36.4 Å². The highest BCUT2D eigenvalue weighted by atomic mass is 32.2. The summed E-state index contributed by atoms with van der Waals surface area (Å²) in [4.78, 5) is 26.0. The van der Waals surface area contributed by atoms with Crippen molar-refractivity contribution in [2.45, 2.75) is 63.4 Å². The third-order valence-corrected chi connectivity index (χ3v) is 8.75. The second-order valence-corrected chi connectivity index (χ2v) is 10.9. The molecule has 0 bridgehead atoms. The van der Waals surface area contributed by atoms with Crippen molar-refractivity contribution < 1.29 is 18.0 Å². The number of fused-ring (bicyclic) bond motifs is 1. The minimum absolute atomic E-state index is 0.124. The van der Waals surface area contributed by atoms with E-state index in [1.165, 1.54) is 9.87 Å². The van der Waals surface area contributed by atoms with Crippen LogP contribution in [0.4, 0.5) is 0 Å². The van der Waals surface area contributed by atoms with Crippen LogP contribution in [-0.4, -0.2) is 43.7 Å². The summed E-state index contributed by atoms with van der Waals surface area (Å²) < 4.78 is 28.5. The van der Waals surface area contributed by atoms with Gasteiger partial charge in [-0.05, 0) is 62.3 Å². The lowest BCUT2D eigenvalue weighted by molar-refractivity contribution is -0.132. The Labute approximate surface area is 195 Å². The molecule has 1 fully saturated rings. The van der Waals surface area contributed by atoms with Crippen LogP contribution in [0.5, 0.6) is 0 Å². The van der Waals surface area contributed by atoms with E-state index in [9.17, 15) is 18.0 Å². The minimum Gasteiger partial charge on any atom is -0.353 e. The number of nitrogens with one attached hydrogen (secondary N) is 2. The predicted octanol–water partition coefficient (Wildman–Crippen LogP) is 2.68. The standard InChI is InChI=1S/C25H31N3O4S/c1-16-13-17(2)24(18(3)14-16)33(31,32)28-12-11-26-25(30)22(28)15-23(29)27-21-10-6-8-19-7-4-5-9-20(19)21/h4-5,7,9,13-14,21-22H,6,8,10-12,15H2,1-3H3,(H,26,30)(H,27,29)/t21-,22-/m1/s1. The van der Waals surface area contributed by atoms with Gasteiger partial charge in [-0.3, -0.25) is 9.59 Å². The third-order valence-electron chi connectivity index (χ3n) is 6.54. The third kappa shape index (κ3) is 4.68. The largest absolute Gasteiger partial charge is 0.353 e. The molecule has 0 radical (unpaired) electrons. The molecular weight excluding hydrogens is 438 g/mol. The van der Waals surface area contributed by atoms with E-state index in [0.29, 0.717) is 11.1 Å². The number of hydrogen-bond donors (Lipinski definition) is 2. The topological polar surface area (TPSA) is 95.6 Å². The molecule has 2 amide bonds. The Bertz CT molecular complexity index is 1170. The number of sulfonamides is 1. The molecule has 7 nitrogen and oxygen atoms in total. The molecule has 0 saturated carbocycles. The number of carbonyl (C=O) groups excluding carboxylic acids is 2. The van der Waals surface area contributed by atoms with Crippen LogP contribution in [0.2, 0.25) is 0 Å². The van der Waals surface area contributed by atoms with Gasteiger partial charge in [0, 0.05) is 13.1 Å². The van der Waals surface area contributed by atoms with Crippen molar-refractivity contribution in [2.75, 3.05) is 13.1 Å². The van der Waals surface area contributed by atoms with Gasteiger partial charge in [0.2, 0.25) is 21.8 Å². The van der Waals surface area contributed by atoms with Crippen LogP contribution in [0.15, 0.2) is 41.3 Å². The lowest BCUT2D eigenvalue weighted by atomic mass is 9.87. The van der Waals surface area contributed by atoms with Gasteiger partial charge in [-0.25, -0.2) is 8.42 Å². The lowest BCUT2D eigenvalue weighted by Gasteiger charge is -2.35. The first-order chi connectivity index (χ1) is 15.7. The van der Waals surface area contributed by atoms with Crippen molar-refractivity contribution >= 4 is 21.8 Å². The summed E-state index contributed by atoms with van der Waals surface area (Å²) in [5.74, 6) is -0.761. The molecule has 1 aliphatic carbocycles. The highest BCUT2D eigenvalue weighted by molar-refractivity contribution is 7.89. The van der Waals surface area contributed by atoms with Gasteiger partial charge in [-0.2, -0.15) is 4.31 Å². The van der Waals surface area contributed by atoms with Gasteiger partial charge in [0.15, 0.2) is 0 Å². The SMILES string of the molecule is Cc1cc(C)c(S(=O)(=O)N2CCNC(=O)[C@H]2CC(=O)N[C@@H]2CCCc3ccccc32)c(C)c1. The number of piperazine rings is 1. The van der Waals surface area contributed by atoms with E-state index in [4.69, 9.17) is 0 Å². The summed E-state index contributed by atoms with van der Waals surface area (Å²) >= 11 is 0. The van der Waals surface area contributed by atoms with E-state index in [1.54, 1.807) is 13.8 Å². The maximum absolute atomic E-state index is 13.6. The van der Waals surface area contributed by atoms with Crippen LogP contribution in [0.1, 0.15) is 53.1 Å². The van der Waals surface area contributed by atoms with Gasteiger partial charge in [0.1, 0.15) is 6.04 Å². The molecule has 0 aromatic heterocycles. The molecule has 2 atom stereocenters. The van der Waals surface area contributed by atoms with Crippen molar-refractivity contribution in [3.63, 3.8) is 0 Å². The minimum atomic E-state index is -3.96. The zero-order chi connectivity index (χ0) is 23.8. The lowest BCUT2D eigenvalue weighted by Crippen LogP contribution is -2.58. The first kappa shape index (κ1) is 23.4. The van der Waals surface area contributed by atoms with Crippen molar-refractivity contribution in [3.05, 3.63) is 64.2 Å². The van der Waals surface area contributed by atoms with Gasteiger partial charge >= 0.3 is 0 Å². The van der Waals surface area contributed by atoms with Crippen LogP contribution in [-0.2, 0) is 26.0 Å². The van der Waals surface area contributed by atoms with Crippen molar-refractivity contribution in [1.82, 2.24) is 14.9 Å². The summed E-state index contributed by atoms with van der Waals surface area (Å²) in [6, 6.07) is 10.5. The van der Waals surface area contributed by atoms with Crippen molar-refractivity contribution in [3.8, 4) is 0 Å². The average Bonchev–Trinajstić information content (AvgIpc) is 2.74. The molecule has 2 aromatic rings. The number of rotatable bonds is 5. The Morgan fingerprint density at radius 3 is 2.58 bits per heavy atom. The van der Waals surface area contributed by atoms with E-state index in [1.807, 2.05) is 37.3 Å². The predicted molar refractivity (Wildman–Crippen MR) is 126 cm³/mol. The fourth-order valence-electron chi connectivity index (χ4n) is 5.20. The van der Waals surface area contributed by atoms with Gasteiger partial charge in [0.25, 0.3) is 0 Å². The number of carbonyl (C=O) groups is 2. The second kappa shape index (κ2) is 9.27. The normalized spacial score (nSPS) is 21.2. The van der Waals surface area contributed by atoms with Crippen molar-refractivity contribution in [2.24, 2.45) is 0 Å². The molecule has 2 aliphatic rings. The van der Waals surface area contributed by atoms with Crippen LogP contribution in [0, 0.1) is 20.8 Å². The first-order valence-corrected chi connectivity index (χ1v) is 12.9. The molecule has 33 heavy (non-hydrogen) atoms. The van der Waals surface area contributed by atoms with Gasteiger partial charge in [-0.15, -0.1) is 0 Å². The summed E-state index contributed by atoms with van der Waals surface area (Å²) in [6.07, 6.45) is 2.56. The molecule has 4 rings (SSSR count). The summed E-state index contributed by atoms with van der Waals surface area (Å²) in [5.41, 5.74) is 4.57. The number of amides is 2. The van der Waals surface area contributed by atoms with Crippen LogP contribution >= 0.6 is 0 Å². The summed E-state index contributed by atoms with van der Waals surface area (Å²) in [6.45, 7) is 5.79. The zero-order valence-corrected chi connectivity index (χ0v) is 20.2. The van der Waals surface area contributed by atoms with Crippen molar-refractivity contribution in [1.29, 1.82) is 0 Å². The number of aryl methyl sites for hydroxylation is 4. The van der Waals surface area contributed by atoms with Gasteiger partial charge in [-0.1, -0.05) is 42.0 Å². The maximum Gasteiger partial charge on any atom is 0.244 e. The quantitative estimate of drug-likeness (QED) is 0.704. The fourth-order valence-corrected chi connectivity index (χ4v) is 7.20. The number of benzene rings is 2. The Balaban J connectivity index is 1.57. The van der Waals surface area contributed by atoms with E-state index in [0.717, 1.165) is 30.4 Å². The fraction of sp³-hybridized carbons (Fsp3) is 0.440. The van der Waals surface area contributed by atoms with Gasteiger partial charge in [0.05, 0.1) is 17.4 Å². The van der Waals surface area contributed by atoms with Crippen LogP contribution in [0.3, 0.4) is 0 Å². The van der Waals surface area contributed by atoms with E-state index in [2.05, 4.69) is 16.7 Å². The molecule has 176 valence electrons. The molecule has 0 unspecified atom stereocenters. The molecule has 0 spiro atoms. The molecule has 1 heterocycles. The molecular formula is C25H31N3O4S. The number of hydrogen-bond acceptors (Lipinski definition) is 4. The molecule has 1 aliphatic heterocycles. The van der Waals surface area contributed by atoms with E-state index >= 15 is 0 Å². The van der Waals surface area contributed by atoms with Crippen LogP contribution < -0.4 is 10.6 Å². The van der Waals surface area contributed by atoms with E-state index < -0.39 is 22.0 Å². The Hall–Kier alpha value is -2.71.